The molecule has 3 rings (SSSR count). The van der Waals surface area contributed by atoms with Crippen LogP contribution in [0.15, 0.2) is 66.7 Å². The van der Waals surface area contributed by atoms with Crippen molar-refractivity contribution in [3.63, 3.8) is 0 Å². The third-order valence-corrected chi connectivity index (χ3v) is 4.23. The van der Waals surface area contributed by atoms with Gasteiger partial charge in [-0.25, -0.2) is 4.68 Å². The van der Waals surface area contributed by atoms with E-state index in [2.05, 4.69) is 15.7 Å². The normalized spacial score (nSPS) is 10.5. The average molecular weight is 376 g/mol. The topological polar surface area (TPSA) is 76.0 Å². The van der Waals surface area contributed by atoms with E-state index in [1.807, 2.05) is 73.7 Å². The maximum absolute atomic E-state index is 12.3. The van der Waals surface area contributed by atoms with Crippen molar-refractivity contribution in [1.82, 2.24) is 15.1 Å². The molecule has 0 unspecified atom stereocenters. The van der Waals surface area contributed by atoms with Crippen molar-refractivity contribution < 1.29 is 9.59 Å². The number of rotatable bonds is 8. The second-order valence-corrected chi connectivity index (χ2v) is 6.62. The maximum Gasteiger partial charge on any atom is 0.227 e. The lowest BCUT2D eigenvalue weighted by Gasteiger charge is -2.10. The Kier molecular flexibility index (Phi) is 6.57. The number of carbonyl (C=O) groups excluding carboxylic acids is 2. The number of aromatic nitrogens is 2. The monoisotopic (exact) mass is 376 g/mol. The molecule has 0 aliphatic rings. The van der Waals surface area contributed by atoms with Gasteiger partial charge in [-0.3, -0.25) is 9.59 Å². The van der Waals surface area contributed by atoms with Crippen molar-refractivity contribution in [2.75, 3.05) is 11.9 Å². The number of nitrogens with one attached hydrogen (secondary N) is 2. The fraction of sp³-hybridized carbons (Fsp3) is 0.227. The molecule has 1 aromatic heterocycles. The molecule has 0 aliphatic carbocycles. The van der Waals surface area contributed by atoms with E-state index < -0.39 is 0 Å². The number of amides is 2. The van der Waals surface area contributed by atoms with Crippen molar-refractivity contribution in [1.29, 1.82) is 0 Å². The highest BCUT2D eigenvalue weighted by Crippen LogP contribution is 2.13. The predicted octanol–water partition coefficient (Wildman–Crippen LogP) is 2.93. The molecule has 0 spiro atoms. The SMILES string of the molecule is Cc1cc(NC(=O)CCNC(=O)Cc2ccccc2)n(Cc2ccccc2)n1. The van der Waals surface area contributed by atoms with Crippen LogP contribution in [0.4, 0.5) is 5.82 Å². The fourth-order valence-electron chi connectivity index (χ4n) is 2.89. The summed E-state index contributed by atoms with van der Waals surface area (Å²) in [4.78, 5) is 24.2. The van der Waals surface area contributed by atoms with Gasteiger partial charge in [0.05, 0.1) is 18.7 Å². The third kappa shape index (κ3) is 5.81. The number of carbonyl (C=O) groups is 2. The Balaban J connectivity index is 1.48. The first-order valence-corrected chi connectivity index (χ1v) is 9.29. The van der Waals surface area contributed by atoms with Gasteiger partial charge in [0.15, 0.2) is 0 Å². The van der Waals surface area contributed by atoms with Gasteiger partial charge in [-0.2, -0.15) is 5.10 Å². The van der Waals surface area contributed by atoms with E-state index in [0.29, 0.717) is 25.3 Å². The van der Waals surface area contributed by atoms with Gasteiger partial charge in [0, 0.05) is 19.0 Å². The zero-order valence-corrected chi connectivity index (χ0v) is 15.9. The first-order chi connectivity index (χ1) is 13.6. The molecule has 0 aliphatic heterocycles. The molecule has 2 amide bonds. The number of benzene rings is 2. The molecule has 0 saturated carbocycles. The number of aryl methyl sites for hydroxylation is 1. The highest BCUT2D eigenvalue weighted by Gasteiger charge is 2.10. The van der Waals surface area contributed by atoms with E-state index in [-0.39, 0.29) is 18.2 Å². The molecule has 2 N–H and O–H groups in total. The molecule has 2 aromatic carbocycles. The molecule has 144 valence electrons. The molecule has 1 heterocycles. The minimum Gasteiger partial charge on any atom is -0.355 e. The van der Waals surface area contributed by atoms with E-state index >= 15 is 0 Å². The Morgan fingerprint density at radius 3 is 2.25 bits per heavy atom. The summed E-state index contributed by atoms with van der Waals surface area (Å²) < 4.78 is 1.77. The van der Waals surface area contributed by atoms with Crippen LogP contribution < -0.4 is 10.6 Å². The lowest BCUT2D eigenvalue weighted by atomic mass is 10.1. The zero-order chi connectivity index (χ0) is 19.8. The Morgan fingerprint density at radius 1 is 0.929 bits per heavy atom. The molecule has 6 heteroatoms. The van der Waals surface area contributed by atoms with Gasteiger partial charge >= 0.3 is 0 Å². The first-order valence-electron chi connectivity index (χ1n) is 9.29. The Hall–Kier alpha value is -3.41. The van der Waals surface area contributed by atoms with Crippen molar-refractivity contribution >= 4 is 17.6 Å². The highest BCUT2D eigenvalue weighted by molar-refractivity contribution is 5.90. The second-order valence-electron chi connectivity index (χ2n) is 6.62. The summed E-state index contributed by atoms with van der Waals surface area (Å²) in [6.07, 6.45) is 0.515. The minimum atomic E-state index is -0.158. The van der Waals surface area contributed by atoms with Gasteiger partial charge < -0.3 is 10.6 Å². The molecule has 28 heavy (non-hydrogen) atoms. The molecule has 0 radical (unpaired) electrons. The van der Waals surface area contributed by atoms with Crippen molar-refractivity contribution in [2.45, 2.75) is 26.3 Å². The molecular weight excluding hydrogens is 352 g/mol. The predicted molar refractivity (Wildman–Crippen MR) is 109 cm³/mol. The van der Waals surface area contributed by atoms with Gasteiger partial charge in [-0.15, -0.1) is 0 Å². The van der Waals surface area contributed by atoms with Gasteiger partial charge in [-0.05, 0) is 18.1 Å². The summed E-state index contributed by atoms with van der Waals surface area (Å²) in [5.41, 5.74) is 2.89. The van der Waals surface area contributed by atoms with Gasteiger partial charge in [0.1, 0.15) is 5.82 Å². The summed E-state index contributed by atoms with van der Waals surface area (Å²) in [6.45, 7) is 2.77. The van der Waals surface area contributed by atoms with E-state index in [1.54, 1.807) is 4.68 Å². The largest absolute Gasteiger partial charge is 0.355 e. The third-order valence-electron chi connectivity index (χ3n) is 4.23. The molecular formula is C22H24N4O2. The lowest BCUT2D eigenvalue weighted by molar-refractivity contribution is -0.120. The highest BCUT2D eigenvalue weighted by atomic mass is 16.2. The Morgan fingerprint density at radius 2 is 1.57 bits per heavy atom. The van der Waals surface area contributed by atoms with Crippen LogP contribution in [0.25, 0.3) is 0 Å². The Labute approximate surface area is 164 Å². The van der Waals surface area contributed by atoms with Gasteiger partial charge in [0.25, 0.3) is 0 Å². The van der Waals surface area contributed by atoms with E-state index in [0.717, 1.165) is 16.8 Å². The minimum absolute atomic E-state index is 0.0936. The van der Waals surface area contributed by atoms with Crippen LogP contribution in [-0.4, -0.2) is 28.1 Å². The molecule has 0 fully saturated rings. The molecule has 3 aromatic rings. The average Bonchev–Trinajstić information content (AvgIpc) is 3.02. The van der Waals surface area contributed by atoms with Gasteiger partial charge in [0.2, 0.25) is 11.8 Å². The van der Waals surface area contributed by atoms with Gasteiger partial charge in [-0.1, -0.05) is 60.7 Å². The smallest absolute Gasteiger partial charge is 0.227 e. The number of hydrogen-bond acceptors (Lipinski definition) is 3. The number of hydrogen-bond donors (Lipinski definition) is 2. The second kappa shape index (κ2) is 9.50. The quantitative estimate of drug-likeness (QED) is 0.635. The number of nitrogens with zero attached hydrogens (tertiary/aromatic N) is 2. The maximum atomic E-state index is 12.3. The summed E-state index contributed by atoms with van der Waals surface area (Å²) in [6, 6.07) is 21.3. The zero-order valence-electron chi connectivity index (χ0n) is 15.9. The summed E-state index contributed by atoms with van der Waals surface area (Å²) in [5.74, 6) is 0.403. The van der Waals surface area contributed by atoms with Crippen molar-refractivity contribution in [2.24, 2.45) is 0 Å². The van der Waals surface area contributed by atoms with Crippen LogP contribution in [0.5, 0.6) is 0 Å². The standard InChI is InChI=1S/C22H24N4O2/c1-17-14-20(26(25-17)16-19-10-6-3-7-11-19)24-21(27)12-13-23-22(28)15-18-8-4-2-5-9-18/h2-11,14H,12-13,15-16H2,1H3,(H,23,28)(H,24,27). The summed E-state index contributed by atoms with van der Waals surface area (Å²) in [5, 5.41) is 10.1. The first kappa shape index (κ1) is 19.4. The van der Waals surface area contributed by atoms with Crippen LogP contribution >= 0.6 is 0 Å². The van der Waals surface area contributed by atoms with Crippen LogP contribution in [0.1, 0.15) is 23.2 Å². The van der Waals surface area contributed by atoms with E-state index in [4.69, 9.17) is 0 Å². The molecule has 0 atom stereocenters. The Bertz CT molecular complexity index is 920. The van der Waals surface area contributed by atoms with Crippen LogP contribution in [0, 0.1) is 6.92 Å². The van der Waals surface area contributed by atoms with E-state index in [9.17, 15) is 9.59 Å². The fourth-order valence-corrected chi connectivity index (χ4v) is 2.89. The van der Waals surface area contributed by atoms with Crippen LogP contribution in [0.2, 0.25) is 0 Å². The lowest BCUT2D eigenvalue weighted by Crippen LogP contribution is -2.29. The summed E-state index contributed by atoms with van der Waals surface area (Å²) in [7, 11) is 0. The van der Waals surface area contributed by atoms with Crippen molar-refractivity contribution in [3.8, 4) is 0 Å². The molecule has 0 saturated heterocycles. The van der Waals surface area contributed by atoms with Crippen LogP contribution in [0.3, 0.4) is 0 Å². The van der Waals surface area contributed by atoms with E-state index in [1.165, 1.54) is 0 Å². The molecule has 6 nitrogen and oxygen atoms in total. The molecule has 0 bridgehead atoms. The summed E-state index contributed by atoms with van der Waals surface area (Å²) >= 11 is 0. The number of anilines is 1. The van der Waals surface area contributed by atoms with Crippen molar-refractivity contribution in [3.05, 3.63) is 83.6 Å². The van der Waals surface area contributed by atoms with Crippen LogP contribution in [-0.2, 0) is 22.6 Å².